The molecule has 0 aliphatic carbocycles. The van der Waals surface area contributed by atoms with Gasteiger partial charge in [0.1, 0.15) is 10.0 Å². The molecule has 48 heavy (non-hydrogen) atoms. The average Bonchev–Trinajstić information content (AvgIpc) is 3.90. The second-order valence-electron chi connectivity index (χ2n) is 11.6. The molecule has 0 radical (unpaired) electrons. The summed E-state index contributed by atoms with van der Waals surface area (Å²) < 4.78 is 0. The second-order valence-corrected chi connectivity index (χ2v) is 13.4. The molecule has 9 rings (SSSR count). The van der Waals surface area contributed by atoms with Gasteiger partial charge in [-0.2, -0.15) is 0 Å². The molecular weight excluding hydrogens is 625 g/mol. The van der Waals surface area contributed by atoms with Crippen LogP contribution in [0.1, 0.15) is 0 Å². The minimum atomic E-state index is 0.957. The lowest BCUT2D eigenvalue weighted by Crippen LogP contribution is -1.93. The van der Waals surface area contributed by atoms with Gasteiger partial charge < -0.3 is 0 Å². The maximum atomic E-state index is 4.73. The first-order chi connectivity index (χ1) is 23.8. The molecule has 0 unspecified atom stereocenters. The molecular formula is C42H26N4S2. The maximum absolute atomic E-state index is 4.73. The van der Waals surface area contributed by atoms with E-state index in [1.165, 1.54) is 16.7 Å². The number of fused-ring (bicyclic) bond motifs is 2. The fourth-order valence-corrected chi connectivity index (χ4v) is 7.85. The van der Waals surface area contributed by atoms with Crippen molar-refractivity contribution in [3.63, 3.8) is 0 Å². The number of hydrogen-bond acceptors (Lipinski definition) is 6. The lowest BCUT2D eigenvalue weighted by molar-refractivity contribution is 1.31. The van der Waals surface area contributed by atoms with Crippen molar-refractivity contribution < 1.29 is 0 Å². The highest BCUT2D eigenvalue weighted by molar-refractivity contribution is 7.13. The predicted molar refractivity (Wildman–Crippen MR) is 201 cm³/mol. The topological polar surface area (TPSA) is 51.6 Å². The van der Waals surface area contributed by atoms with E-state index in [-0.39, 0.29) is 0 Å². The number of aromatic nitrogens is 4. The summed E-state index contributed by atoms with van der Waals surface area (Å²) in [6, 6.07) is 39.3. The predicted octanol–water partition coefficient (Wildman–Crippen LogP) is 11.7. The van der Waals surface area contributed by atoms with Crippen molar-refractivity contribution >= 4 is 44.2 Å². The van der Waals surface area contributed by atoms with Crippen molar-refractivity contribution in [2.75, 3.05) is 0 Å². The fourth-order valence-electron chi connectivity index (χ4n) is 6.61. The normalized spacial score (nSPS) is 11.3. The molecule has 0 saturated carbocycles. The summed E-state index contributed by atoms with van der Waals surface area (Å²) in [5.41, 5.74) is 11.2. The zero-order chi connectivity index (χ0) is 31.9. The van der Waals surface area contributed by atoms with E-state index in [1.54, 1.807) is 22.7 Å². The van der Waals surface area contributed by atoms with Gasteiger partial charge in [-0.1, -0.05) is 84.9 Å². The Labute approximate surface area is 285 Å². The highest BCUT2D eigenvalue weighted by atomic mass is 32.1. The van der Waals surface area contributed by atoms with Crippen LogP contribution >= 0.6 is 22.7 Å². The molecule has 4 nitrogen and oxygen atoms in total. The molecule has 0 bridgehead atoms. The van der Waals surface area contributed by atoms with Gasteiger partial charge in [0.2, 0.25) is 0 Å². The molecule has 0 aliphatic rings. The largest absolute Gasteiger partial charge is 0.263 e. The standard InChI is InChI=1S/C42H26N4S2/c1-2-7-27(8-3-1)28-9-6-10-29(19-28)30-13-14-37-38(22-30)40(32-21-34(26-44-24-32)42-46-16-18-48-42)36-12-5-4-11-35(36)39(37)31-20-33(25-43-23-31)41-45-15-17-47-41/h1-26H. The zero-order valence-corrected chi connectivity index (χ0v) is 27.2. The van der Waals surface area contributed by atoms with E-state index < -0.39 is 0 Å². The smallest absolute Gasteiger partial charge is 0.124 e. The van der Waals surface area contributed by atoms with Gasteiger partial charge in [0.15, 0.2) is 0 Å². The van der Waals surface area contributed by atoms with Gasteiger partial charge in [0.25, 0.3) is 0 Å². The van der Waals surface area contributed by atoms with Crippen LogP contribution in [-0.2, 0) is 0 Å². The molecule has 226 valence electrons. The molecule has 0 amide bonds. The van der Waals surface area contributed by atoms with E-state index in [2.05, 4.69) is 119 Å². The number of hydrogen-bond donors (Lipinski definition) is 0. The average molecular weight is 651 g/mol. The van der Waals surface area contributed by atoms with Crippen LogP contribution in [0.2, 0.25) is 0 Å². The molecule has 0 fully saturated rings. The molecule has 5 aromatic carbocycles. The van der Waals surface area contributed by atoms with Crippen LogP contribution in [0.5, 0.6) is 0 Å². The molecule has 6 heteroatoms. The first-order valence-electron chi connectivity index (χ1n) is 15.6. The van der Waals surface area contributed by atoms with Crippen LogP contribution in [0.25, 0.3) is 87.2 Å². The Morgan fingerprint density at radius 1 is 0.354 bits per heavy atom. The summed E-state index contributed by atoms with van der Waals surface area (Å²) in [5.74, 6) is 0. The van der Waals surface area contributed by atoms with Crippen LogP contribution in [0.15, 0.2) is 157 Å². The van der Waals surface area contributed by atoms with E-state index in [0.717, 1.165) is 70.5 Å². The van der Waals surface area contributed by atoms with Gasteiger partial charge in [0.05, 0.1) is 0 Å². The highest BCUT2D eigenvalue weighted by Gasteiger charge is 2.19. The van der Waals surface area contributed by atoms with E-state index in [1.807, 2.05) is 47.9 Å². The summed E-state index contributed by atoms with van der Waals surface area (Å²) in [7, 11) is 0. The van der Waals surface area contributed by atoms with E-state index >= 15 is 0 Å². The highest BCUT2D eigenvalue weighted by Crippen LogP contribution is 2.45. The van der Waals surface area contributed by atoms with Gasteiger partial charge in [-0.3, -0.25) is 9.97 Å². The van der Waals surface area contributed by atoms with E-state index in [4.69, 9.17) is 9.97 Å². The lowest BCUT2D eigenvalue weighted by Gasteiger charge is -2.19. The Hall–Kier alpha value is -5.82. The quantitative estimate of drug-likeness (QED) is 0.168. The van der Waals surface area contributed by atoms with Crippen molar-refractivity contribution in [2.24, 2.45) is 0 Å². The number of rotatable bonds is 6. The number of thiazole rings is 2. The number of nitrogens with zero attached hydrogens (tertiary/aromatic N) is 4. The molecule has 0 saturated heterocycles. The third-order valence-corrected chi connectivity index (χ3v) is 10.4. The first-order valence-corrected chi connectivity index (χ1v) is 17.4. The number of benzene rings is 5. The lowest BCUT2D eigenvalue weighted by atomic mass is 9.85. The van der Waals surface area contributed by atoms with E-state index in [9.17, 15) is 0 Å². The summed E-state index contributed by atoms with van der Waals surface area (Å²) in [6.07, 6.45) is 11.4. The van der Waals surface area contributed by atoms with Gasteiger partial charge >= 0.3 is 0 Å². The zero-order valence-electron chi connectivity index (χ0n) is 25.6. The molecule has 0 spiro atoms. The van der Waals surface area contributed by atoms with Crippen LogP contribution in [0.3, 0.4) is 0 Å². The Bertz CT molecular complexity index is 2560. The molecule has 9 aromatic rings. The summed E-state index contributed by atoms with van der Waals surface area (Å²) in [4.78, 5) is 18.6. The molecule has 0 N–H and O–H groups in total. The minimum absolute atomic E-state index is 0.957. The molecule has 4 heterocycles. The third kappa shape index (κ3) is 5.08. The molecule has 0 aliphatic heterocycles. The maximum Gasteiger partial charge on any atom is 0.124 e. The Balaban J connectivity index is 1.33. The van der Waals surface area contributed by atoms with Crippen LogP contribution in [-0.4, -0.2) is 19.9 Å². The minimum Gasteiger partial charge on any atom is -0.263 e. The van der Waals surface area contributed by atoms with Crippen molar-refractivity contribution in [1.82, 2.24) is 19.9 Å². The molecule has 4 aromatic heterocycles. The van der Waals surface area contributed by atoms with Crippen LogP contribution in [0, 0.1) is 0 Å². The summed E-state index contributed by atoms with van der Waals surface area (Å²) >= 11 is 3.25. The monoisotopic (exact) mass is 650 g/mol. The van der Waals surface area contributed by atoms with E-state index in [0.29, 0.717) is 0 Å². The van der Waals surface area contributed by atoms with Gasteiger partial charge in [-0.05, 0) is 79.2 Å². The van der Waals surface area contributed by atoms with Crippen LogP contribution in [0.4, 0.5) is 0 Å². The summed E-state index contributed by atoms with van der Waals surface area (Å²) in [6.45, 7) is 0. The van der Waals surface area contributed by atoms with Crippen molar-refractivity contribution in [1.29, 1.82) is 0 Å². The van der Waals surface area contributed by atoms with Crippen molar-refractivity contribution in [3.8, 4) is 65.6 Å². The first kappa shape index (κ1) is 28.4. The SMILES string of the molecule is c1ccc(-c2cccc(-c3ccc4c(-c5cncc(-c6nccs6)c5)c5ccccc5c(-c5cncc(-c6nccs6)c5)c4c3)c2)cc1. The Morgan fingerprint density at radius 3 is 1.44 bits per heavy atom. The second kappa shape index (κ2) is 12.1. The van der Waals surface area contributed by atoms with Gasteiger partial charge in [0, 0.05) is 70.2 Å². The van der Waals surface area contributed by atoms with Gasteiger partial charge in [-0.25, -0.2) is 9.97 Å². The Kier molecular flexibility index (Phi) is 7.15. The van der Waals surface area contributed by atoms with Crippen molar-refractivity contribution in [2.45, 2.75) is 0 Å². The Morgan fingerprint density at radius 2 is 0.833 bits per heavy atom. The fraction of sp³-hybridized carbons (Fsp3) is 0. The molecule has 0 atom stereocenters. The van der Waals surface area contributed by atoms with Gasteiger partial charge in [-0.15, -0.1) is 22.7 Å². The van der Waals surface area contributed by atoms with Crippen molar-refractivity contribution in [3.05, 3.63) is 157 Å². The summed E-state index contributed by atoms with van der Waals surface area (Å²) in [5, 5.41) is 10.6. The number of pyridine rings is 2. The third-order valence-electron chi connectivity index (χ3n) is 8.74. The van der Waals surface area contributed by atoms with Crippen LogP contribution < -0.4 is 0 Å².